The molecule has 0 fully saturated rings. The molecule has 0 radical (unpaired) electrons. The molecule has 1 amide bonds. The number of rotatable bonds is 6. The van der Waals surface area contributed by atoms with Gasteiger partial charge in [-0.25, -0.2) is 0 Å². The zero-order valence-electron chi connectivity index (χ0n) is 16.1. The van der Waals surface area contributed by atoms with Crippen molar-refractivity contribution in [1.82, 2.24) is 0 Å². The fraction of sp³-hybridized carbons (Fsp3) is 0.286. The molecule has 2 aromatic carbocycles. The van der Waals surface area contributed by atoms with Gasteiger partial charge in [0.15, 0.2) is 0 Å². The molecule has 1 aliphatic rings. The number of ether oxygens (including phenoxy) is 2. The lowest BCUT2D eigenvalue weighted by molar-refractivity contribution is -0.145. The van der Waals surface area contributed by atoms with Gasteiger partial charge in [-0.05, 0) is 55.7 Å². The number of nitrogen functional groups attached to an aromatic ring is 1. The molecule has 3 rings (SSSR count). The SMILES string of the molecule is CCOC(=O)CC1CCc2cc(NC(=O)c3ccc(C(=N)N)cc3)ccc2O1.Cl. The summed E-state index contributed by atoms with van der Waals surface area (Å²) >= 11 is 0. The van der Waals surface area contributed by atoms with Crippen molar-refractivity contribution in [3.05, 3.63) is 59.2 Å². The fourth-order valence-electron chi connectivity index (χ4n) is 3.08. The molecule has 0 saturated heterocycles. The van der Waals surface area contributed by atoms with Crippen molar-refractivity contribution in [1.29, 1.82) is 5.41 Å². The number of anilines is 1. The topological polar surface area (TPSA) is 114 Å². The molecule has 7 nitrogen and oxygen atoms in total. The predicted octanol–water partition coefficient (Wildman–Crippen LogP) is 3.29. The summed E-state index contributed by atoms with van der Waals surface area (Å²) in [5.74, 6) is 0.190. The van der Waals surface area contributed by atoms with E-state index < -0.39 is 0 Å². The van der Waals surface area contributed by atoms with Crippen LogP contribution in [0.5, 0.6) is 5.75 Å². The van der Waals surface area contributed by atoms with Gasteiger partial charge in [0, 0.05) is 16.8 Å². The maximum atomic E-state index is 12.4. The number of hydrogen-bond acceptors (Lipinski definition) is 5. The largest absolute Gasteiger partial charge is 0.490 e. The second-order valence-corrected chi connectivity index (χ2v) is 6.56. The number of aryl methyl sites for hydroxylation is 1. The van der Waals surface area contributed by atoms with Gasteiger partial charge in [-0.15, -0.1) is 12.4 Å². The Morgan fingerprint density at radius 2 is 1.90 bits per heavy atom. The minimum atomic E-state index is -0.254. The molecule has 1 aliphatic heterocycles. The van der Waals surface area contributed by atoms with Crippen LogP contribution in [0.3, 0.4) is 0 Å². The van der Waals surface area contributed by atoms with E-state index in [0.717, 1.165) is 24.2 Å². The molecule has 0 aliphatic carbocycles. The number of fused-ring (bicyclic) bond motifs is 1. The molecule has 29 heavy (non-hydrogen) atoms. The van der Waals surface area contributed by atoms with Crippen molar-refractivity contribution in [3.63, 3.8) is 0 Å². The molecule has 1 atom stereocenters. The van der Waals surface area contributed by atoms with Crippen LogP contribution in [0.25, 0.3) is 0 Å². The van der Waals surface area contributed by atoms with Gasteiger partial charge < -0.3 is 20.5 Å². The first-order valence-corrected chi connectivity index (χ1v) is 9.17. The number of nitrogens with one attached hydrogen (secondary N) is 2. The number of esters is 1. The highest BCUT2D eigenvalue weighted by molar-refractivity contribution is 6.05. The summed E-state index contributed by atoms with van der Waals surface area (Å²) in [6.45, 7) is 2.14. The number of carbonyl (C=O) groups excluding carboxylic acids is 2. The van der Waals surface area contributed by atoms with Crippen LogP contribution in [-0.2, 0) is 16.0 Å². The first-order chi connectivity index (χ1) is 13.5. The van der Waals surface area contributed by atoms with E-state index in [0.29, 0.717) is 23.4 Å². The van der Waals surface area contributed by atoms with E-state index in [4.69, 9.17) is 20.6 Å². The molecule has 0 spiro atoms. The third kappa shape index (κ3) is 5.71. The maximum absolute atomic E-state index is 12.4. The Hall–Kier alpha value is -3.06. The van der Waals surface area contributed by atoms with E-state index in [1.165, 1.54) is 0 Å². The van der Waals surface area contributed by atoms with Gasteiger partial charge in [-0.3, -0.25) is 15.0 Å². The number of hydrogen-bond donors (Lipinski definition) is 3. The Morgan fingerprint density at radius 1 is 1.21 bits per heavy atom. The van der Waals surface area contributed by atoms with Crippen LogP contribution >= 0.6 is 12.4 Å². The Kier molecular flexibility index (Phi) is 7.61. The zero-order valence-corrected chi connectivity index (χ0v) is 16.9. The Morgan fingerprint density at radius 3 is 2.55 bits per heavy atom. The predicted molar refractivity (Wildman–Crippen MR) is 113 cm³/mol. The average Bonchev–Trinajstić information content (AvgIpc) is 2.68. The average molecular weight is 418 g/mol. The van der Waals surface area contributed by atoms with Crippen molar-refractivity contribution < 1.29 is 19.1 Å². The summed E-state index contributed by atoms with van der Waals surface area (Å²) < 4.78 is 10.9. The summed E-state index contributed by atoms with van der Waals surface area (Å²) in [5, 5.41) is 10.3. The number of halogens is 1. The van der Waals surface area contributed by atoms with E-state index in [2.05, 4.69) is 5.32 Å². The summed E-state index contributed by atoms with van der Waals surface area (Å²) in [7, 11) is 0. The lowest BCUT2D eigenvalue weighted by Gasteiger charge is -2.26. The van der Waals surface area contributed by atoms with E-state index in [1.54, 1.807) is 43.3 Å². The Bertz CT molecular complexity index is 899. The summed E-state index contributed by atoms with van der Waals surface area (Å²) in [4.78, 5) is 24.0. The normalized spacial score (nSPS) is 14.6. The summed E-state index contributed by atoms with van der Waals surface area (Å²) in [6.07, 6.45) is 1.53. The van der Waals surface area contributed by atoms with Gasteiger partial charge in [-0.2, -0.15) is 0 Å². The smallest absolute Gasteiger partial charge is 0.309 e. The molecular formula is C21H24ClN3O4. The monoisotopic (exact) mass is 417 g/mol. The molecule has 2 aromatic rings. The third-order valence-electron chi connectivity index (χ3n) is 4.51. The van der Waals surface area contributed by atoms with Gasteiger partial charge in [0.05, 0.1) is 13.0 Å². The quantitative estimate of drug-likeness (QED) is 0.379. The molecular weight excluding hydrogens is 394 g/mol. The van der Waals surface area contributed by atoms with Crippen LogP contribution < -0.4 is 15.8 Å². The van der Waals surface area contributed by atoms with Crippen LogP contribution in [0.1, 0.15) is 41.3 Å². The van der Waals surface area contributed by atoms with E-state index in [1.807, 2.05) is 6.07 Å². The van der Waals surface area contributed by atoms with Crippen molar-refractivity contribution in [2.24, 2.45) is 5.73 Å². The van der Waals surface area contributed by atoms with Crippen molar-refractivity contribution in [2.75, 3.05) is 11.9 Å². The highest BCUT2D eigenvalue weighted by atomic mass is 35.5. The lowest BCUT2D eigenvalue weighted by atomic mass is 10.00. The van der Waals surface area contributed by atoms with E-state index in [-0.39, 0.29) is 42.6 Å². The van der Waals surface area contributed by atoms with Gasteiger partial charge in [0.25, 0.3) is 5.91 Å². The van der Waals surface area contributed by atoms with Crippen molar-refractivity contribution in [2.45, 2.75) is 32.3 Å². The van der Waals surface area contributed by atoms with E-state index in [9.17, 15) is 9.59 Å². The molecule has 4 N–H and O–H groups in total. The zero-order chi connectivity index (χ0) is 20.1. The van der Waals surface area contributed by atoms with Gasteiger partial charge in [-0.1, -0.05) is 12.1 Å². The minimum absolute atomic E-state index is 0. The van der Waals surface area contributed by atoms with Gasteiger partial charge >= 0.3 is 5.97 Å². The molecule has 0 saturated carbocycles. The molecule has 1 unspecified atom stereocenters. The lowest BCUT2D eigenvalue weighted by Crippen LogP contribution is -2.26. The second-order valence-electron chi connectivity index (χ2n) is 6.56. The third-order valence-corrected chi connectivity index (χ3v) is 4.51. The highest BCUT2D eigenvalue weighted by Gasteiger charge is 2.23. The van der Waals surface area contributed by atoms with Crippen LogP contribution in [0.4, 0.5) is 5.69 Å². The molecule has 0 bridgehead atoms. The standard InChI is InChI=1S/C21H23N3O4.ClH/c1-2-27-19(25)12-17-9-7-15-11-16(8-10-18(15)28-17)24-21(26)14-5-3-13(4-6-14)20(22)23;/h3-6,8,10-11,17H,2,7,9,12H2,1H3,(H3,22,23)(H,24,26);1H. The van der Waals surface area contributed by atoms with Crippen molar-refractivity contribution >= 4 is 35.8 Å². The summed E-state index contributed by atoms with van der Waals surface area (Å²) in [5.41, 5.74) is 8.14. The van der Waals surface area contributed by atoms with Crippen LogP contribution in [0.15, 0.2) is 42.5 Å². The Labute approximate surface area is 175 Å². The minimum Gasteiger partial charge on any atom is -0.490 e. The number of carbonyl (C=O) groups is 2. The number of benzene rings is 2. The van der Waals surface area contributed by atoms with Gasteiger partial charge in [0.1, 0.15) is 17.7 Å². The van der Waals surface area contributed by atoms with E-state index >= 15 is 0 Å². The molecule has 0 aromatic heterocycles. The number of amidine groups is 1. The first-order valence-electron chi connectivity index (χ1n) is 9.17. The highest BCUT2D eigenvalue weighted by Crippen LogP contribution is 2.31. The summed E-state index contributed by atoms with van der Waals surface area (Å²) in [6, 6.07) is 12.0. The molecule has 154 valence electrons. The molecule has 8 heteroatoms. The first kappa shape index (κ1) is 22.2. The van der Waals surface area contributed by atoms with Crippen LogP contribution in [0, 0.1) is 5.41 Å². The fourth-order valence-corrected chi connectivity index (χ4v) is 3.08. The van der Waals surface area contributed by atoms with Crippen LogP contribution in [0.2, 0.25) is 0 Å². The van der Waals surface area contributed by atoms with Crippen molar-refractivity contribution in [3.8, 4) is 5.75 Å². The second kappa shape index (κ2) is 9.93. The van der Waals surface area contributed by atoms with Gasteiger partial charge in [0.2, 0.25) is 0 Å². The number of nitrogens with two attached hydrogens (primary N) is 1. The number of amides is 1. The van der Waals surface area contributed by atoms with Crippen LogP contribution in [-0.4, -0.2) is 30.4 Å². The Balaban J connectivity index is 0.00000300. The maximum Gasteiger partial charge on any atom is 0.309 e. The molecule has 1 heterocycles.